The van der Waals surface area contributed by atoms with E-state index >= 15 is 0 Å². The Balaban J connectivity index is 2.31. The van der Waals surface area contributed by atoms with E-state index in [9.17, 15) is 0 Å². The molecule has 0 aliphatic heterocycles. The van der Waals surface area contributed by atoms with Crippen molar-refractivity contribution in [1.29, 1.82) is 0 Å². The van der Waals surface area contributed by atoms with Crippen molar-refractivity contribution in [3.63, 3.8) is 0 Å². The van der Waals surface area contributed by atoms with Crippen LogP contribution in [0.1, 0.15) is 0 Å². The number of rotatable bonds is 0. The van der Waals surface area contributed by atoms with E-state index in [1.165, 1.54) is 38.5 Å². The number of hydrogen-bond donors (Lipinski definition) is 0. The second-order valence-corrected chi connectivity index (χ2v) is 4.71. The molecule has 0 bridgehead atoms. The maximum absolute atomic E-state index is 2.24. The molecule has 0 fully saturated rings. The molecule has 0 radical (unpaired) electrons. The lowest BCUT2D eigenvalue weighted by molar-refractivity contribution is 1.74. The van der Waals surface area contributed by atoms with Crippen LogP contribution in [-0.2, 0) is 0 Å². The van der Waals surface area contributed by atoms with Gasteiger partial charge in [0.25, 0.3) is 0 Å². The topological polar surface area (TPSA) is 0 Å². The van der Waals surface area contributed by atoms with E-state index < -0.39 is 0 Å². The van der Waals surface area contributed by atoms with Gasteiger partial charge in [-0.3, -0.25) is 0 Å². The summed E-state index contributed by atoms with van der Waals surface area (Å²) in [5.41, 5.74) is 6.95. The molecule has 78 valence electrons. The minimum Gasteiger partial charge on any atom is -0.0806 e. The first-order valence-electron chi connectivity index (χ1n) is 5.98. The normalized spacial score (nSPS) is 11.8. The van der Waals surface area contributed by atoms with Gasteiger partial charge in [0.1, 0.15) is 7.85 Å². The van der Waals surface area contributed by atoms with Crippen molar-refractivity contribution < 1.29 is 0 Å². The summed E-state index contributed by atoms with van der Waals surface area (Å²) in [5, 5.41) is 2.76. The highest BCUT2D eigenvalue weighted by atomic mass is 14.2. The lowest BCUT2D eigenvalue weighted by Gasteiger charge is -2.05. The van der Waals surface area contributed by atoms with Gasteiger partial charge in [0, 0.05) is 0 Å². The third-order valence-corrected chi connectivity index (χ3v) is 3.74. The highest BCUT2D eigenvalue weighted by Gasteiger charge is 2.21. The first-order valence-corrected chi connectivity index (χ1v) is 5.98. The van der Waals surface area contributed by atoms with Crippen LogP contribution in [0.15, 0.2) is 54.6 Å². The van der Waals surface area contributed by atoms with E-state index in [4.69, 9.17) is 0 Å². The van der Waals surface area contributed by atoms with E-state index in [-0.39, 0.29) is 0 Å². The van der Waals surface area contributed by atoms with E-state index in [0.717, 1.165) is 0 Å². The predicted molar refractivity (Wildman–Crippen MR) is 76.6 cm³/mol. The third kappa shape index (κ3) is 1.04. The molecule has 0 aromatic heterocycles. The monoisotopic (exact) mass is 214 g/mol. The molecule has 1 heteroatoms. The third-order valence-electron chi connectivity index (χ3n) is 3.74. The van der Waals surface area contributed by atoms with Crippen LogP contribution in [0.3, 0.4) is 0 Å². The maximum Gasteiger partial charge on any atom is 0.140 e. The zero-order valence-corrected chi connectivity index (χ0v) is 9.70. The number of hydrogen-bond acceptors (Lipinski definition) is 0. The number of fused-ring (bicyclic) bond motifs is 3. The Morgan fingerprint density at radius 3 is 2.12 bits per heavy atom. The quantitative estimate of drug-likeness (QED) is 0.395. The average Bonchev–Trinajstić information content (AvgIpc) is 2.69. The minimum atomic E-state index is 1.34. The van der Waals surface area contributed by atoms with Gasteiger partial charge in [0.15, 0.2) is 0 Å². The van der Waals surface area contributed by atoms with Crippen LogP contribution in [0.5, 0.6) is 0 Å². The number of benzene rings is 3. The second kappa shape index (κ2) is 3.01. The maximum atomic E-state index is 2.24. The van der Waals surface area contributed by atoms with Crippen LogP contribution in [-0.4, -0.2) is 7.85 Å². The molecule has 0 saturated heterocycles. The molecule has 0 heterocycles. The Labute approximate surface area is 101 Å². The summed E-state index contributed by atoms with van der Waals surface area (Å²) in [4.78, 5) is 0. The SMILES string of the molecule is Bc1cccc2c1-c1cccc3cccc-2c13. The van der Waals surface area contributed by atoms with Crippen molar-refractivity contribution in [3.05, 3.63) is 54.6 Å². The smallest absolute Gasteiger partial charge is 0.0806 e. The highest BCUT2D eigenvalue weighted by Crippen LogP contribution is 2.45. The molecule has 0 N–H and O–H groups in total. The van der Waals surface area contributed by atoms with Crippen LogP contribution < -0.4 is 5.46 Å². The van der Waals surface area contributed by atoms with Gasteiger partial charge in [-0.05, 0) is 33.0 Å². The summed E-state index contributed by atoms with van der Waals surface area (Å²) >= 11 is 0. The molecular formula is C16H11B. The van der Waals surface area contributed by atoms with Crippen molar-refractivity contribution in [3.8, 4) is 22.3 Å². The Kier molecular flexibility index (Phi) is 1.60. The van der Waals surface area contributed by atoms with Crippen LogP contribution in [0.25, 0.3) is 33.0 Å². The summed E-state index contributed by atoms with van der Waals surface area (Å²) < 4.78 is 0. The molecule has 0 atom stereocenters. The van der Waals surface area contributed by atoms with Crippen molar-refractivity contribution >= 4 is 24.1 Å². The largest absolute Gasteiger partial charge is 0.140 e. The van der Waals surface area contributed by atoms with Crippen molar-refractivity contribution in [2.75, 3.05) is 0 Å². The summed E-state index contributed by atoms with van der Waals surface area (Å²) in [7, 11) is 2.20. The lowest BCUT2D eigenvalue weighted by atomic mass is 9.86. The molecule has 0 nitrogen and oxygen atoms in total. The van der Waals surface area contributed by atoms with Gasteiger partial charge in [-0.25, -0.2) is 0 Å². The zero-order valence-electron chi connectivity index (χ0n) is 9.70. The van der Waals surface area contributed by atoms with Crippen molar-refractivity contribution in [2.24, 2.45) is 0 Å². The van der Waals surface area contributed by atoms with Crippen LogP contribution in [0.2, 0.25) is 0 Å². The van der Waals surface area contributed by atoms with Gasteiger partial charge < -0.3 is 0 Å². The van der Waals surface area contributed by atoms with Gasteiger partial charge in [-0.2, -0.15) is 0 Å². The summed E-state index contributed by atoms with van der Waals surface area (Å²) in [5.74, 6) is 0. The van der Waals surface area contributed by atoms with E-state index in [1.54, 1.807) is 0 Å². The Morgan fingerprint density at radius 1 is 0.647 bits per heavy atom. The molecule has 0 spiro atoms. The van der Waals surface area contributed by atoms with Crippen LogP contribution >= 0.6 is 0 Å². The molecule has 0 unspecified atom stereocenters. The molecule has 1 aliphatic carbocycles. The standard InChI is InChI=1S/C16H11B/c17-14-9-3-7-12-11-6-1-4-10-5-2-8-13(15(10)11)16(12)14/h1-9H,17H2. The summed E-state index contributed by atoms with van der Waals surface area (Å²) in [6.45, 7) is 0. The molecular weight excluding hydrogens is 203 g/mol. The van der Waals surface area contributed by atoms with Gasteiger partial charge >= 0.3 is 0 Å². The molecule has 0 amide bonds. The Bertz CT molecular complexity index is 751. The molecule has 3 aromatic rings. The molecule has 0 saturated carbocycles. The fraction of sp³-hybridized carbons (Fsp3) is 0. The van der Waals surface area contributed by atoms with Crippen LogP contribution in [0.4, 0.5) is 0 Å². The Morgan fingerprint density at radius 2 is 1.29 bits per heavy atom. The van der Waals surface area contributed by atoms with E-state index in [0.29, 0.717) is 0 Å². The fourth-order valence-electron chi connectivity index (χ4n) is 3.02. The van der Waals surface area contributed by atoms with Crippen molar-refractivity contribution in [1.82, 2.24) is 0 Å². The van der Waals surface area contributed by atoms with Gasteiger partial charge in [0.05, 0.1) is 0 Å². The molecule has 4 rings (SSSR count). The summed E-state index contributed by atoms with van der Waals surface area (Å²) in [6.07, 6.45) is 0. The fourth-order valence-corrected chi connectivity index (χ4v) is 3.02. The van der Waals surface area contributed by atoms with Crippen LogP contribution in [0, 0.1) is 0 Å². The Hall–Kier alpha value is -2.02. The second-order valence-electron chi connectivity index (χ2n) is 4.71. The average molecular weight is 214 g/mol. The predicted octanol–water partition coefficient (Wildman–Crippen LogP) is 2.75. The zero-order chi connectivity index (χ0) is 11.4. The first-order chi connectivity index (χ1) is 8.36. The summed E-state index contributed by atoms with van der Waals surface area (Å²) in [6, 6.07) is 19.8. The first kappa shape index (κ1) is 9.06. The molecule has 1 aliphatic rings. The van der Waals surface area contributed by atoms with Gasteiger partial charge in [-0.15, -0.1) is 0 Å². The highest BCUT2D eigenvalue weighted by molar-refractivity contribution is 6.39. The van der Waals surface area contributed by atoms with Gasteiger partial charge in [0.2, 0.25) is 0 Å². The lowest BCUT2D eigenvalue weighted by Crippen LogP contribution is -2.05. The van der Waals surface area contributed by atoms with E-state index in [2.05, 4.69) is 62.4 Å². The minimum absolute atomic E-state index is 1.34. The molecule has 17 heavy (non-hydrogen) atoms. The van der Waals surface area contributed by atoms with Gasteiger partial charge in [-0.1, -0.05) is 60.1 Å². The van der Waals surface area contributed by atoms with Crippen molar-refractivity contribution in [2.45, 2.75) is 0 Å². The van der Waals surface area contributed by atoms with E-state index in [1.807, 2.05) is 0 Å². The molecule has 3 aromatic carbocycles.